The molecule has 2 heterocycles. The number of benzene rings is 1. The standard InChI is InChI=1S/C15H18N2O2/c1-12-13-4-2-3-5-14(13)15(18)17(12)7-6-16-8-10-19-11-9-16/h2-5H,1,6-11H2. The molecule has 2 aliphatic heterocycles. The lowest BCUT2D eigenvalue weighted by Gasteiger charge is -2.28. The summed E-state index contributed by atoms with van der Waals surface area (Å²) >= 11 is 0. The van der Waals surface area contributed by atoms with Crippen LogP contribution in [0.3, 0.4) is 0 Å². The van der Waals surface area contributed by atoms with Crippen molar-refractivity contribution in [3.63, 3.8) is 0 Å². The Kier molecular flexibility index (Phi) is 3.36. The zero-order valence-corrected chi connectivity index (χ0v) is 11.0. The van der Waals surface area contributed by atoms with Gasteiger partial charge in [0, 0.05) is 43.0 Å². The van der Waals surface area contributed by atoms with Gasteiger partial charge in [-0.2, -0.15) is 0 Å². The first-order valence-electron chi connectivity index (χ1n) is 6.67. The molecule has 1 saturated heterocycles. The zero-order valence-electron chi connectivity index (χ0n) is 11.0. The molecule has 1 amide bonds. The van der Waals surface area contributed by atoms with Gasteiger partial charge in [0.15, 0.2) is 0 Å². The van der Waals surface area contributed by atoms with E-state index in [0.717, 1.165) is 49.7 Å². The number of fused-ring (bicyclic) bond motifs is 1. The normalized spacial score (nSPS) is 19.9. The molecule has 1 aromatic rings. The molecule has 0 aromatic heterocycles. The fourth-order valence-electron chi connectivity index (χ4n) is 2.64. The number of carbonyl (C=O) groups excluding carboxylic acids is 1. The summed E-state index contributed by atoms with van der Waals surface area (Å²) in [5.74, 6) is 0.0776. The molecule has 0 N–H and O–H groups in total. The molecular formula is C15H18N2O2. The predicted octanol–water partition coefficient (Wildman–Crippen LogP) is 1.45. The third kappa shape index (κ3) is 2.29. The third-order valence-corrected chi connectivity index (χ3v) is 3.78. The van der Waals surface area contributed by atoms with Gasteiger partial charge < -0.3 is 9.64 Å². The highest BCUT2D eigenvalue weighted by atomic mass is 16.5. The van der Waals surface area contributed by atoms with E-state index in [1.54, 1.807) is 4.90 Å². The molecule has 0 saturated carbocycles. The van der Waals surface area contributed by atoms with Crippen molar-refractivity contribution >= 4 is 11.6 Å². The molecule has 1 fully saturated rings. The molecule has 0 atom stereocenters. The molecule has 0 spiro atoms. The van der Waals surface area contributed by atoms with Crippen molar-refractivity contribution in [2.75, 3.05) is 39.4 Å². The van der Waals surface area contributed by atoms with Gasteiger partial charge in [-0.3, -0.25) is 9.69 Å². The summed E-state index contributed by atoms with van der Waals surface area (Å²) in [6, 6.07) is 7.68. The van der Waals surface area contributed by atoms with Crippen molar-refractivity contribution in [1.82, 2.24) is 9.80 Å². The Labute approximate surface area is 113 Å². The van der Waals surface area contributed by atoms with Crippen molar-refractivity contribution in [1.29, 1.82) is 0 Å². The number of amides is 1. The summed E-state index contributed by atoms with van der Waals surface area (Å²) in [5.41, 5.74) is 2.57. The Morgan fingerprint density at radius 3 is 2.47 bits per heavy atom. The third-order valence-electron chi connectivity index (χ3n) is 3.78. The number of carbonyl (C=O) groups is 1. The van der Waals surface area contributed by atoms with Gasteiger partial charge in [-0.25, -0.2) is 0 Å². The second-order valence-electron chi connectivity index (χ2n) is 4.90. The summed E-state index contributed by atoms with van der Waals surface area (Å²) in [6.45, 7) is 9.10. The molecular weight excluding hydrogens is 240 g/mol. The van der Waals surface area contributed by atoms with E-state index in [9.17, 15) is 4.79 Å². The lowest BCUT2D eigenvalue weighted by atomic mass is 10.1. The molecule has 2 aliphatic rings. The minimum absolute atomic E-state index is 0.0776. The van der Waals surface area contributed by atoms with Crippen LogP contribution in [0.4, 0.5) is 0 Å². The Morgan fingerprint density at radius 2 is 1.79 bits per heavy atom. The molecule has 1 aromatic carbocycles. The van der Waals surface area contributed by atoms with Gasteiger partial charge in [-0.05, 0) is 6.07 Å². The Bertz CT molecular complexity index is 472. The fourth-order valence-corrected chi connectivity index (χ4v) is 2.64. The number of morpholine rings is 1. The summed E-state index contributed by atoms with van der Waals surface area (Å²) in [4.78, 5) is 16.4. The van der Waals surface area contributed by atoms with E-state index in [0.29, 0.717) is 6.54 Å². The molecule has 0 radical (unpaired) electrons. The van der Waals surface area contributed by atoms with Crippen LogP contribution >= 0.6 is 0 Å². The smallest absolute Gasteiger partial charge is 0.258 e. The van der Waals surface area contributed by atoms with E-state index in [4.69, 9.17) is 4.74 Å². The van der Waals surface area contributed by atoms with Crippen molar-refractivity contribution in [3.8, 4) is 0 Å². The fraction of sp³-hybridized carbons (Fsp3) is 0.400. The van der Waals surface area contributed by atoms with Crippen LogP contribution in [0, 0.1) is 0 Å². The quantitative estimate of drug-likeness (QED) is 0.822. The average Bonchev–Trinajstić information content (AvgIpc) is 2.71. The predicted molar refractivity (Wildman–Crippen MR) is 73.8 cm³/mol. The molecule has 0 aliphatic carbocycles. The van der Waals surface area contributed by atoms with Crippen LogP contribution in [0.5, 0.6) is 0 Å². The van der Waals surface area contributed by atoms with Crippen molar-refractivity contribution in [2.24, 2.45) is 0 Å². The van der Waals surface area contributed by atoms with Gasteiger partial charge in [-0.15, -0.1) is 0 Å². The average molecular weight is 258 g/mol. The monoisotopic (exact) mass is 258 g/mol. The Hall–Kier alpha value is -1.65. The van der Waals surface area contributed by atoms with Gasteiger partial charge >= 0.3 is 0 Å². The van der Waals surface area contributed by atoms with Gasteiger partial charge in [0.1, 0.15) is 0 Å². The molecule has 0 bridgehead atoms. The first-order chi connectivity index (χ1) is 9.27. The lowest BCUT2D eigenvalue weighted by Crippen LogP contribution is -2.41. The molecule has 19 heavy (non-hydrogen) atoms. The topological polar surface area (TPSA) is 32.8 Å². The van der Waals surface area contributed by atoms with Crippen LogP contribution in [0.15, 0.2) is 30.8 Å². The van der Waals surface area contributed by atoms with E-state index >= 15 is 0 Å². The Morgan fingerprint density at radius 1 is 1.11 bits per heavy atom. The van der Waals surface area contributed by atoms with Gasteiger partial charge in [0.2, 0.25) is 0 Å². The van der Waals surface area contributed by atoms with Crippen molar-refractivity contribution in [3.05, 3.63) is 42.0 Å². The van der Waals surface area contributed by atoms with Crippen LogP contribution in [-0.2, 0) is 4.74 Å². The molecule has 3 rings (SSSR count). The van der Waals surface area contributed by atoms with E-state index in [1.165, 1.54) is 0 Å². The summed E-state index contributed by atoms with van der Waals surface area (Å²) in [5, 5.41) is 0. The maximum atomic E-state index is 12.3. The first kappa shape index (κ1) is 12.4. The van der Waals surface area contributed by atoms with Gasteiger partial charge in [0.05, 0.1) is 13.2 Å². The number of hydrogen-bond donors (Lipinski definition) is 0. The van der Waals surface area contributed by atoms with Crippen molar-refractivity contribution in [2.45, 2.75) is 0 Å². The minimum atomic E-state index is 0.0776. The van der Waals surface area contributed by atoms with Crippen LogP contribution in [0.2, 0.25) is 0 Å². The number of ether oxygens (including phenoxy) is 1. The summed E-state index contributed by atoms with van der Waals surface area (Å²) in [7, 11) is 0. The molecule has 100 valence electrons. The molecule has 4 heteroatoms. The van der Waals surface area contributed by atoms with E-state index in [2.05, 4.69) is 11.5 Å². The second-order valence-corrected chi connectivity index (χ2v) is 4.90. The highest BCUT2D eigenvalue weighted by Crippen LogP contribution is 2.30. The highest BCUT2D eigenvalue weighted by Gasteiger charge is 2.30. The van der Waals surface area contributed by atoms with Crippen LogP contribution < -0.4 is 0 Å². The number of hydrogen-bond acceptors (Lipinski definition) is 3. The largest absolute Gasteiger partial charge is 0.379 e. The summed E-state index contributed by atoms with van der Waals surface area (Å²) in [6.07, 6.45) is 0. The van der Waals surface area contributed by atoms with E-state index in [1.807, 2.05) is 24.3 Å². The first-order valence-corrected chi connectivity index (χ1v) is 6.67. The zero-order chi connectivity index (χ0) is 13.2. The SMILES string of the molecule is C=C1c2ccccc2C(=O)N1CCN1CCOCC1. The van der Waals surface area contributed by atoms with Gasteiger partial charge in [-0.1, -0.05) is 24.8 Å². The van der Waals surface area contributed by atoms with E-state index < -0.39 is 0 Å². The molecule has 0 unspecified atom stereocenters. The summed E-state index contributed by atoms with van der Waals surface area (Å²) < 4.78 is 5.32. The maximum Gasteiger partial charge on any atom is 0.258 e. The lowest BCUT2D eigenvalue weighted by molar-refractivity contribution is 0.0353. The molecule has 4 nitrogen and oxygen atoms in total. The van der Waals surface area contributed by atoms with Crippen LogP contribution in [-0.4, -0.2) is 55.1 Å². The minimum Gasteiger partial charge on any atom is -0.379 e. The highest BCUT2D eigenvalue weighted by molar-refractivity contribution is 6.08. The van der Waals surface area contributed by atoms with Crippen LogP contribution in [0.1, 0.15) is 15.9 Å². The maximum absolute atomic E-state index is 12.3. The van der Waals surface area contributed by atoms with Gasteiger partial charge in [0.25, 0.3) is 5.91 Å². The van der Waals surface area contributed by atoms with Crippen molar-refractivity contribution < 1.29 is 9.53 Å². The number of rotatable bonds is 3. The van der Waals surface area contributed by atoms with E-state index in [-0.39, 0.29) is 5.91 Å². The number of nitrogens with zero attached hydrogens (tertiary/aromatic N) is 2. The second kappa shape index (κ2) is 5.15. The van der Waals surface area contributed by atoms with Crippen LogP contribution in [0.25, 0.3) is 5.70 Å². The Balaban J connectivity index is 1.67.